The summed E-state index contributed by atoms with van der Waals surface area (Å²) in [6.07, 6.45) is 0.109. The first-order valence-electron chi connectivity index (χ1n) is 10.8. The van der Waals surface area contributed by atoms with Crippen molar-refractivity contribution < 1.29 is 9.59 Å². The highest BCUT2D eigenvalue weighted by Gasteiger charge is 2.39. The maximum atomic E-state index is 13.1. The van der Waals surface area contributed by atoms with E-state index < -0.39 is 5.25 Å². The number of fused-ring (bicyclic) bond motifs is 1. The lowest BCUT2D eigenvalue weighted by molar-refractivity contribution is -0.128. The quantitative estimate of drug-likeness (QED) is 0.524. The summed E-state index contributed by atoms with van der Waals surface area (Å²) in [5.41, 5.74) is 2.70. The van der Waals surface area contributed by atoms with Crippen LogP contribution >= 0.6 is 11.8 Å². The van der Waals surface area contributed by atoms with Crippen LogP contribution in [0.1, 0.15) is 25.8 Å². The van der Waals surface area contributed by atoms with E-state index in [9.17, 15) is 9.59 Å². The van der Waals surface area contributed by atoms with Crippen molar-refractivity contribution in [1.29, 1.82) is 0 Å². The number of aryl methyl sites for hydroxylation is 1. The summed E-state index contributed by atoms with van der Waals surface area (Å²) in [6.45, 7) is 6.75. The smallest absolute Gasteiger partial charge is 0.242 e. The zero-order valence-electron chi connectivity index (χ0n) is 18.5. The molecule has 0 bridgehead atoms. The van der Waals surface area contributed by atoms with Crippen molar-refractivity contribution in [2.75, 3.05) is 11.9 Å². The zero-order valence-corrected chi connectivity index (χ0v) is 19.4. The lowest BCUT2D eigenvalue weighted by Crippen LogP contribution is -2.36. The number of hydrogen-bond donors (Lipinski definition) is 1. The molecule has 1 atom stereocenters. The van der Waals surface area contributed by atoms with Gasteiger partial charge in [-0.2, -0.15) is 0 Å². The van der Waals surface area contributed by atoms with Crippen molar-refractivity contribution in [3.8, 4) is 0 Å². The Morgan fingerprint density at radius 2 is 1.78 bits per heavy atom. The van der Waals surface area contributed by atoms with Crippen LogP contribution in [-0.2, 0) is 9.59 Å². The Kier molecular flexibility index (Phi) is 6.61. The summed E-state index contributed by atoms with van der Waals surface area (Å²) in [5, 5.41) is 5.32. The number of amidine groups is 1. The Labute approximate surface area is 192 Å². The minimum atomic E-state index is -0.474. The molecule has 4 rings (SSSR count). The third-order valence-electron chi connectivity index (χ3n) is 5.23. The molecule has 1 aliphatic rings. The van der Waals surface area contributed by atoms with Gasteiger partial charge in [-0.05, 0) is 47.9 Å². The predicted molar refractivity (Wildman–Crippen MR) is 133 cm³/mol. The van der Waals surface area contributed by atoms with E-state index in [2.05, 4.69) is 19.2 Å². The molecule has 0 radical (unpaired) electrons. The summed E-state index contributed by atoms with van der Waals surface area (Å²) in [6, 6.07) is 21.7. The number of aliphatic imine (C=N–C) groups is 1. The molecule has 3 aromatic carbocycles. The van der Waals surface area contributed by atoms with Crippen molar-refractivity contribution in [2.45, 2.75) is 32.4 Å². The lowest BCUT2D eigenvalue weighted by atomic mass is 10.1. The molecule has 0 aliphatic carbocycles. The van der Waals surface area contributed by atoms with Gasteiger partial charge in [0, 0.05) is 18.7 Å². The molecule has 1 unspecified atom stereocenters. The Hall–Kier alpha value is -3.12. The van der Waals surface area contributed by atoms with Crippen LogP contribution < -0.4 is 5.32 Å². The first-order valence-corrected chi connectivity index (χ1v) is 11.7. The van der Waals surface area contributed by atoms with Crippen LogP contribution in [0.4, 0.5) is 11.4 Å². The SMILES string of the molecule is Cc1ccc(N=C2SC(CC(=O)Nc3ccc4ccccc4c3)C(=O)N2CC(C)C)cc1. The van der Waals surface area contributed by atoms with Gasteiger partial charge in [0.15, 0.2) is 5.17 Å². The first-order chi connectivity index (χ1) is 15.4. The van der Waals surface area contributed by atoms with E-state index in [1.54, 1.807) is 4.90 Å². The maximum Gasteiger partial charge on any atom is 0.242 e. The molecule has 1 N–H and O–H groups in total. The molecular formula is C26H27N3O2S. The van der Waals surface area contributed by atoms with E-state index in [4.69, 9.17) is 4.99 Å². The molecule has 1 saturated heterocycles. The molecule has 32 heavy (non-hydrogen) atoms. The number of nitrogens with zero attached hydrogens (tertiary/aromatic N) is 2. The number of nitrogens with one attached hydrogen (secondary N) is 1. The molecule has 2 amide bonds. The number of hydrogen-bond acceptors (Lipinski definition) is 4. The van der Waals surface area contributed by atoms with Gasteiger partial charge in [-0.15, -0.1) is 0 Å². The van der Waals surface area contributed by atoms with E-state index in [-0.39, 0.29) is 18.2 Å². The van der Waals surface area contributed by atoms with Crippen LogP contribution in [0.2, 0.25) is 0 Å². The number of amides is 2. The largest absolute Gasteiger partial charge is 0.326 e. The molecule has 0 aromatic heterocycles. The summed E-state index contributed by atoms with van der Waals surface area (Å²) < 4.78 is 0. The normalized spacial score (nSPS) is 17.5. The number of rotatable bonds is 6. The summed E-state index contributed by atoms with van der Waals surface area (Å²) in [4.78, 5) is 32.3. The molecular weight excluding hydrogens is 418 g/mol. The average molecular weight is 446 g/mol. The van der Waals surface area contributed by atoms with E-state index in [1.807, 2.05) is 73.7 Å². The zero-order chi connectivity index (χ0) is 22.7. The van der Waals surface area contributed by atoms with Gasteiger partial charge in [-0.3, -0.25) is 14.5 Å². The van der Waals surface area contributed by atoms with Crippen LogP contribution in [0.5, 0.6) is 0 Å². The molecule has 3 aromatic rings. The van der Waals surface area contributed by atoms with Crippen molar-refractivity contribution in [1.82, 2.24) is 4.90 Å². The second kappa shape index (κ2) is 9.57. The van der Waals surface area contributed by atoms with Gasteiger partial charge in [-0.25, -0.2) is 4.99 Å². The average Bonchev–Trinajstić information content (AvgIpc) is 3.03. The number of anilines is 1. The van der Waals surface area contributed by atoms with Crippen molar-refractivity contribution in [2.24, 2.45) is 10.9 Å². The molecule has 5 nitrogen and oxygen atoms in total. The highest BCUT2D eigenvalue weighted by atomic mass is 32.2. The second-order valence-corrected chi connectivity index (χ2v) is 9.66. The lowest BCUT2D eigenvalue weighted by Gasteiger charge is -2.18. The number of benzene rings is 3. The minimum Gasteiger partial charge on any atom is -0.326 e. The monoisotopic (exact) mass is 445 g/mol. The summed E-state index contributed by atoms with van der Waals surface area (Å²) in [5.74, 6) is 0.0726. The number of carbonyl (C=O) groups excluding carboxylic acids is 2. The Balaban J connectivity index is 1.48. The van der Waals surface area contributed by atoms with Crippen LogP contribution in [0, 0.1) is 12.8 Å². The van der Waals surface area contributed by atoms with Crippen LogP contribution in [0.15, 0.2) is 71.7 Å². The molecule has 1 heterocycles. The molecule has 0 spiro atoms. The van der Waals surface area contributed by atoms with Crippen LogP contribution in [0.25, 0.3) is 10.8 Å². The topological polar surface area (TPSA) is 61.8 Å². The second-order valence-electron chi connectivity index (χ2n) is 8.49. The van der Waals surface area contributed by atoms with Gasteiger partial charge in [0.25, 0.3) is 0 Å². The fraction of sp³-hybridized carbons (Fsp3) is 0.269. The Morgan fingerprint density at radius 3 is 2.50 bits per heavy atom. The molecule has 1 aliphatic heterocycles. The van der Waals surface area contributed by atoms with Crippen LogP contribution in [-0.4, -0.2) is 33.7 Å². The number of thioether (sulfide) groups is 1. The number of carbonyl (C=O) groups is 2. The van der Waals surface area contributed by atoms with Gasteiger partial charge in [0.2, 0.25) is 11.8 Å². The van der Waals surface area contributed by atoms with Gasteiger partial charge in [0.05, 0.1) is 5.69 Å². The van der Waals surface area contributed by atoms with Gasteiger partial charge in [-0.1, -0.05) is 73.6 Å². The molecule has 1 fully saturated rings. The van der Waals surface area contributed by atoms with E-state index in [0.717, 1.165) is 27.7 Å². The van der Waals surface area contributed by atoms with E-state index >= 15 is 0 Å². The molecule has 6 heteroatoms. The first kappa shape index (κ1) is 22.1. The maximum absolute atomic E-state index is 13.1. The standard InChI is InChI=1S/C26H27N3O2S/c1-17(2)16-29-25(31)23(32-26(29)28-21-11-8-18(3)9-12-21)15-24(30)27-22-13-10-19-6-4-5-7-20(19)14-22/h4-14,17,23H,15-16H2,1-3H3,(H,27,30). The predicted octanol–water partition coefficient (Wildman–Crippen LogP) is 5.76. The van der Waals surface area contributed by atoms with Gasteiger partial charge in [0.1, 0.15) is 5.25 Å². The van der Waals surface area contributed by atoms with Gasteiger partial charge < -0.3 is 5.32 Å². The van der Waals surface area contributed by atoms with E-state index in [0.29, 0.717) is 17.6 Å². The van der Waals surface area contributed by atoms with Crippen molar-refractivity contribution in [3.63, 3.8) is 0 Å². The Bertz CT molecular complexity index is 1170. The van der Waals surface area contributed by atoms with Gasteiger partial charge >= 0.3 is 0 Å². The molecule has 0 saturated carbocycles. The summed E-state index contributed by atoms with van der Waals surface area (Å²) >= 11 is 1.37. The fourth-order valence-corrected chi connectivity index (χ4v) is 4.80. The highest BCUT2D eigenvalue weighted by Crippen LogP contribution is 2.32. The Morgan fingerprint density at radius 1 is 1.06 bits per heavy atom. The molecule has 164 valence electrons. The van der Waals surface area contributed by atoms with Crippen LogP contribution in [0.3, 0.4) is 0 Å². The van der Waals surface area contributed by atoms with Crippen molar-refractivity contribution in [3.05, 3.63) is 72.3 Å². The third kappa shape index (κ3) is 5.19. The summed E-state index contributed by atoms with van der Waals surface area (Å²) in [7, 11) is 0. The third-order valence-corrected chi connectivity index (χ3v) is 6.41. The fourth-order valence-electron chi connectivity index (χ4n) is 3.64. The van der Waals surface area contributed by atoms with Crippen molar-refractivity contribution >= 4 is 50.9 Å². The minimum absolute atomic E-state index is 0.0526. The van der Waals surface area contributed by atoms with E-state index in [1.165, 1.54) is 11.8 Å². The highest BCUT2D eigenvalue weighted by molar-refractivity contribution is 8.15.